The minimum atomic E-state index is -4.14. The molecule has 4 rings (SSSR count). The van der Waals surface area contributed by atoms with Crippen molar-refractivity contribution in [2.45, 2.75) is 13.2 Å². The van der Waals surface area contributed by atoms with E-state index in [-0.39, 0.29) is 30.4 Å². The van der Waals surface area contributed by atoms with E-state index in [4.69, 9.17) is 35.7 Å². The topological polar surface area (TPSA) is 161 Å². The van der Waals surface area contributed by atoms with Gasteiger partial charge in [0.05, 0.1) is 26.6 Å². The van der Waals surface area contributed by atoms with Crippen LogP contribution in [0.4, 0.5) is 14.6 Å². The maximum Gasteiger partial charge on any atom is 0.318 e. The molecule has 3 N–H and O–H groups in total. The fraction of sp³-hybridized carbons (Fsp3) is 0.167. The molecule has 0 aliphatic carbocycles. The van der Waals surface area contributed by atoms with Crippen molar-refractivity contribution in [1.82, 2.24) is 19.9 Å². The van der Waals surface area contributed by atoms with Crippen LogP contribution in [-0.2, 0) is 23.4 Å². The number of nitrogens with zero attached hydrogens (tertiary/aromatic N) is 4. The van der Waals surface area contributed by atoms with Crippen LogP contribution in [0, 0.1) is 11.6 Å². The first kappa shape index (κ1) is 30.2. The highest BCUT2D eigenvalue weighted by atomic mass is 35.5. The number of hydrogen-bond acceptors (Lipinski definition) is 10. The zero-order chi connectivity index (χ0) is 29.1. The number of aromatic nitrogens is 4. The number of nitrogens with two attached hydrogens (primary N) is 1. The Morgan fingerprint density at radius 3 is 1.82 bits per heavy atom. The third kappa shape index (κ3) is 9.76. The van der Waals surface area contributed by atoms with Crippen molar-refractivity contribution >= 4 is 27.6 Å². The van der Waals surface area contributed by atoms with Gasteiger partial charge in [0, 0.05) is 0 Å². The van der Waals surface area contributed by atoms with Crippen molar-refractivity contribution in [1.29, 1.82) is 0 Å². The van der Waals surface area contributed by atoms with Crippen LogP contribution in [0.25, 0.3) is 0 Å². The molecular weight excluding hydrogens is 574 g/mol. The Balaban J connectivity index is 0.000000225. The van der Waals surface area contributed by atoms with Gasteiger partial charge in [-0.25, -0.2) is 23.9 Å². The molecule has 40 heavy (non-hydrogen) atoms. The summed E-state index contributed by atoms with van der Waals surface area (Å²) in [5.74, 6) is -0.849. The third-order valence-corrected chi connectivity index (χ3v) is 5.39. The Morgan fingerprint density at radius 2 is 1.35 bits per heavy atom. The van der Waals surface area contributed by atoms with Crippen LogP contribution in [0.5, 0.6) is 23.5 Å². The molecule has 0 saturated carbocycles. The average molecular weight is 597 g/mol. The molecule has 12 nitrogen and oxygen atoms in total. The van der Waals surface area contributed by atoms with Gasteiger partial charge in [-0.05, 0) is 35.4 Å². The zero-order valence-electron chi connectivity index (χ0n) is 21.0. The SMILES string of the molecule is COc1cccc(COc2ncc(F)c(Cl)n2)c1.COc1cccc(COc2ncc(F)c(NS(N)(=O)=O)n2)c1. The molecular formula is C24H23ClF2N6O6S. The van der Waals surface area contributed by atoms with E-state index in [0.29, 0.717) is 5.75 Å². The van der Waals surface area contributed by atoms with Crippen molar-refractivity contribution < 1.29 is 36.1 Å². The van der Waals surface area contributed by atoms with Crippen molar-refractivity contribution in [2.24, 2.45) is 5.14 Å². The summed E-state index contributed by atoms with van der Waals surface area (Å²) in [6, 6.07) is 14.3. The number of methoxy groups -OCH3 is 2. The van der Waals surface area contributed by atoms with Gasteiger partial charge in [-0.2, -0.15) is 18.4 Å². The second-order valence-electron chi connectivity index (χ2n) is 7.57. The molecule has 0 spiro atoms. The molecule has 2 heterocycles. The average Bonchev–Trinajstić information content (AvgIpc) is 2.94. The Labute approximate surface area is 233 Å². The van der Waals surface area contributed by atoms with Gasteiger partial charge in [0.2, 0.25) is 0 Å². The normalized spacial score (nSPS) is 10.7. The molecule has 0 atom stereocenters. The summed E-state index contributed by atoms with van der Waals surface area (Å²) in [4.78, 5) is 14.5. The molecule has 0 saturated heterocycles. The van der Waals surface area contributed by atoms with Gasteiger partial charge in [-0.1, -0.05) is 35.9 Å². The summed E-state index contributed by atoms with van der Waals surface area (Å²) >= 11 is 5.52. The molecule has 0 bridgehead atoms. The van der Waals surface area contributed by atoms with Gasteiger partial charge < -0.3 is 18.9 Å². The van der Waals surface area contributed by atoms with Gasteiger partial charge in [0.15, 0.2) is 22.6 Å². The predicted octanol–water partition coefficient (Wildman–Crippen LogP) is 3.68. The molecule has 212 valence electrons. The lowest BCUT2D eigenvalue weighted by atomic mass is 10.2. The van der Waals surface area contributed by atoms with Gasteiger partial charge in [-0.15, -0.1) is 0 Å². The first-order valence-corrected chi connectivity index (χ1v) is 13.0. The second-order valence-corrected chi connectivity index (χ2v) is 9.22. The van der Waals surface area contributed by atoms with Crippen molar-refractivity contribution in [3.63, 3.8) is 0 Å². The first-order chi connectivity index (χ1) is 19.1. The van der Waals surface area contributed by atoms with Crippen LogP contribution in [0.15, 0.2) is 60.9 Å². The summed E-state index contributed by atoms with van der Waals surface area (Å²) in [5, 5.41) is 4.50. The Bertz CT molecular complexity index is 1550. The van der Waals surface area contributed by atoms with E-state index >= 15 is 0 Å². The molecule has 2 aromatic heterocycles. The molecule has 0 unspecified atom stereocenters. The lowest BCUT2D eigenvalue weighted by molar-refractivity contribution is 0.278. The number of halogens is 3. The largest absolute Gasteiger partial charge is 0.497 e. The second kappa shape index (κ2) is 14.2. The Morgan fingerprint density at radius 1 is 0.850 bits per heavy atom. The van der Waals surface area contributed by atoms with Gasteiger partial charge in [0.25, 0.3) is 10.2 Å². The van der Waals surface area contributed by atoms with Crippen LogP contribution in [0.3, 0.4) is 0 Å². The van der Waals surface area contributed by atoms with Crippen molar-refractivity contribution in [3.05, 3.63) is 88.8 Å². The fourth-order valence-electron chi connectivity index (χ4n) is 2.85. The lowest BCUT2D eigenvalue weighted by Gasteiger charge is -2.08. The fourth-order valence-corrected chi connectivity index (χ4v) is 3.38. The highest BCUT2D eigenvalue weighted by molar-refractivity contribution is 7.90. The Hall–Kier alpha value is -4.34. The molecule has 4 aromatic rings. The summed E-state index contributed by atoms with van der Waals surface area (Å²) in [6.45, 7) is 0.344. The number of rotatable bonds is 10. The summed E-state index contributed by atoms with van der Waals surface area (Å²) < 4.78 is 70.5. The van der Waals surface area contributed by atoms with Crippen molar-refractivity contribution in [3.8, 4) is 23.5 Å². The van der Waals surface area contributed by atoms with Crippen LogP contribution >= 0.6 is 11.6 Å². The van der Waals surface area contributed by atoms with Gasteiger partial charge >= 0.3 is 12.0 Å². The number of benzene rings is 2. The smallest absolute Gasteiger partial charge is 0.318 e. The highest BCUT2D eigenvalue weighted by Crippen LogP contribution is 2.18. The molecule has 0 amide bonds. The number of ether oxygens (including phenoxy) is 4. The number of anilines is 1. The summed E-state index contributed by atoms with van der Waals surface area (Å²) in [7, 11) is -1.02. The standard InChI is InChI=1S/C12H10ClFN2O2.C12H13FN4O4S/c1-17-9-4-2-3-8(5-9)7-18-12-15-6-10(14)11(13)16-12;1-20-9-4-2-3-8(5-9)7-21-12-15-6-10(13)11(16-12)17-22(14,18)19/h2-6H,7H2,1H3;2-6H,7H2,1H3,(H2,14,18,19)(H,15,16,17). The molecule has 16 heteroatoms. The minimum Gasteiger partial charge on any atom is -0.497 e. The maximum absolute atomic E-state index is 13.4. The summed E-state index contributed by atoms with van der Waals surface area (Å²) in [5.41, 5.74) is 1.66. The maximum atomic E-state index is 13.4. The molecule has 0 fully saturated rings. The van der Waals surface area contributed by atoms with Gasteiger partial charge in [0.1, 0.15) is 24.7 Å². The summed E-state index contributed by atoms with van der Waals surface area (Å²) in [6.07, 6.45) is 1.75. The van der Waals surface area contributed by atoms with Crippen LogP contribution in [0.1, 0.15) is 11.1 Å². The Kier molecular flexibility index (Phi) is 10.7. The zero-order valence-corrected chi connectivity index (χ0v) is 22.6. The predicted molar refractivity (Wildman–Crippen MR) is 140 cm³/mol. The van der Waals surface area contributed by atoms with E-state index < -0.39 is 27.7 Å². The quantitative estimate of drug-likeness (QED) is 0.258. The third-order valence-electron chi connectivity index (χ3n) is 4.64. The molecule has 2 aromatic carbocycles. The molecule has 0 aliphatic heterocycles. The molecule has 0 aliphatic rings. The number of nitrogens with one attached hydrogen (secondary N) is 1. The number of hydrogen-bond donors (Lipinski definition) is 2. The van der Waals surface area contributed by atoms with E-state index in [9.17, 15) is 17.2 Å². The van der Waals surface area contributed by atoms with E-state index in [1.165, 1.54) is 7.11 Å². The van der Waals surface area contributed by atoms with E-state index in [1.54, 1.807) is 36.1 Å². The van der Waals surface area contributed by atoms with E-state index in [0.717, 1.165) is 29.3 Å². The van der Waals surface area contributed by atoms with E-state index in [2.05, 4.69) is 19.9 Å². The van der Waals surface area contributed by atoms with Crippen LogP contribution < -0.4 is 28.8 Å². The first-order valence-electron chi connectivity index (χ1n) is 11.1. The molecule has 0 radical (unpaired) electrons. The lowest BCUT2D eigenvalue weighted by Crippen LogP contribution is -2.23. The highest BCUT2D eigenvalue weighted by Gasteiger charge is 2.12. The minimum absolute atomic E-state index is 0.0317. The van der Waals surface area contributed by atoms with Crippen LogP contribution in [-0.4, -0.2) is 42.6 Å². The van der Waals surface area contributed by atoms with E-state index in [1.807, 2.05) is 24.3 Å². The van der Waals surface area contributed by atoms with Gasteiger partial charge in [-0.3, -0.25) is 4.72 Å². The van der Waals surface area contributed by atoms with Crippen molar-refractivity contribution in [2.75, 3.05) is 18.9 Å². The monoisotopic (exact) mass is 596 g/mol. The van der Waals surface area contributed by atoms with Crippen LogP contribution in [0.2, 0.25) is 5.15 Å².